The Labute approximate surface area is 258 Å². The number of hydrogen-bond acceptors (Lipinski definition) is 5. The molecule has 4 aromatic rings. The first-order chi connectivity index (χ1) is 20.4. The molecule has 1 aromatic heterocycles. The number of benzene rings is 3. The molecule has 1 atom stereocenters. The predicted molar refractivity (Wildman–Crippen MR) is 173 cm³/mol. The van der Waals surface area contributed by atoms with Crippen molar-refractivity contribution in [2.75, 3.05) is 23.7 Å². The molecule has 0 radical (unpaired) electrons. The Bertz CT molecular complexity index is 1710. The van der Waals surface area contributed by atoms with Crippen LogP contribution in [0.3, 0.4) is 0 Å². The average Bonchev–Trinajstić information content (AvgIpc) is 3.38. The van der Waals surface area contributed by atoms with Gasteiger partial charge in [-0.25, -0.2) is 17.9 Å². The highest BCUT2D eigenvalue weighted by atomic mass is 35.5. The summed E-state index contributed by atoms with van der Waals surface area (Å²) in [5, 5.41) is 13.4. The number of carbonyl (C=O) groups is 1. The Morgan fingerprint density at radius 3 is 2.35 bits per heavy atom. The van der Waals surface area contributed by atoms with E-state index < -0.39 is 21.1 Å². The standard InChI is InChI=1S/C33H38ClN5O3S/c1-22-12-14-26(15-13-22)39-30(21-29(38-39)33(2,3)4)37-32(40)36-25-9-7-8-24(20-25)31(23-16-18-35-19-17-23)43(41,42)28-11-6-5-10-27(28)34/h5-15,20-21,23,31,35H,16-19H2,1-4H3,(H2,36,37,40). The third-order valence-corrected chi connectivity index (χ3v) is 10.5. The van der Waals surface area contributed by atoms with Crippen molar-refractivity contribution in [1.29, 1.82) is 0 Å². The zero-order valence-corrected chi connectivity index (χ0v) is 26.5. The molecule has 2 amide bonds. The summed E-state index contributed by atoms with van der Waals surface area (Å²) in [6.45, 7) is 9.71. The number of amides is 2. The van der Waals surface area contributed by atoms with Crippen LogP contribution in [0.2, 0.25) is 5.02 Å². The van der Waals surface area contributed by atoms with Gasteiger partial charge in [0.05, 0.1) is 26.5 Å². The lowest BCUT2D eigenvalue weighted by atomic mass is 9.90. The molecular weight excluding hydrogens is 582 g/mol. The molecule has 1 aliphatic heterocycles. The van der Waals surface area contributed by atoms with Crippen molar-refractivity contribution in [3.63, 3.8) is 0 Å². The van der Waals surface area contributed by atoms with E-state index in [0.717, 1.165) is 30.0 Å². The largest absolute Gasteiger partial charge is 0.324 e. The van der Waals surface area contributed by atoms with Gasteiger partial charge in [0.2, 0.25) is 0 Å². The van der Waals surface area contributed by atoms with Gasteiger partial charge >= 0.3 is 6.03 Å². The van der Waals surface area contributed by atoms with Crippen LogP contribution >= 0.6 is 11.6 Å². The summed E-state index contributed by atoms with van der Waals surface area (Å²) in [5.41, 5.74) is 3.66. The Morgan fingerprint density at radius 2 is 1.67 bits per heavy atom. The van der Waals surface area contributed by atoms with Crippen LogP contribution in [0.15, 0.2) is 83.8 Å². The molecule has 1 unspecified atom stereocenters. The number of sulfone groups is 1. The van der Waals surface area contributed by atoms with Crippen LogP contribution in [0.25, 0.3) is 5.69 Å². The van der Waals surface area contributed by atoms with Gasteiger partial charge in [0.15, 0.2) is 9.84 Å². The lowest BCUT2D eigenvalue weighted by Gasteiger charge is -2.31. The number of halogens is 1. The topological polar surface area (TPSA) is 105 Å². The Morgan fingerprint density at radius 1 is 0.977 bits per heavy atom. The fourth-order valence-electron chi connectivity index (χ4n) is 5.46. The van der Waals surface area contributed by atoms with Gasteiger partial charge in [0.1, 0.15) is 5.82 Å². The minimum atomic E-state index is -3.83. The fourth-order valence-corrected chi connectivity index (χ4v) is 8.08. The number of rotatable bonds is 7. The summed E-state index contributed by atoms with van der Waals surface area (Å²) in [7, 11) is -3.83. The highest BCUT2D eigenvalue weighted by Crippen LogP contribution is 2.41. The van der Waals surface area contributed by atoms with Crippen molar-refractivity contribution >= 4 is 39.0 Å². The van der Waals surface area contributed by atoms with Gasteiger partial charge in [-0.2, -0.15) is 5.10 Å². The van der Waals surface area contributed by atoms with E-state index in [-0.39, 0.29) is 21.3 Å². The first kappa shape index (κ1) is 30.8. The Balaban J connectivity index is 1.44. The number of piperidine rings is 1. The van der Waals surface area contributed by atoms with Gasteiger partial charge in [0, 0.05) is 17.2 Å². The van der Waals surface area contributed by atoms with Crippen molar-refractivity contribution in [1.82, 2.24) is 15.1 Å². The summed E-state index contributed by atoms with van der Waals surface area (Å²) in [4.78, 5) is 13.4. The van der Waals surface area contributed by atoms with Crippen molar-refractivity contribution in [3.8, 4) is 5.69 Å². The molecule has 3 N–H and O–H groups in total. The zero-order chi connectivity index (χ0) is 30.8. The van der Waals surface area contributed by atoms with Crippen molar-refractivity contribution in [2.45, 2.75) is 56.1 Å². The number of carbonyl (C=O) groups excluding carboxylic acids is 1. The van der Waals surface area contributed by atoms with Crippen LogP contribution in [0, 0.1) is 12.8 Å². The lowest BCUT2D eigenvalue weighted by Crippen LogP contribution is -2.33. The second kappa shape index (κ2) is 12.5. The van der Waals surface area contributed by atoms with E-state index in [4.69, 9.17) is 16.7 Å². The van der Waals surface area contributed by atoms with Gasteiger partial charge in [0.25, 0.3) is 0 Å². The van der Waals surface area contributed by atoms with Crippen LogP contribution in [0.5, 0.6) is 0 Å². The van der Waals surface area contributed by atoms with E-state index in [1.54, 1.807) is 47.1 Å². The number of nitrogens with one attached hydrogen (secondary N) is 3. The van der Waals surface area contributed by atoms with Gasteiger partial charge in [-0.15, -0.1) is 0 Å². The summed E-state index contributed by atoms with van der Waals surface area (Å²) < 4.78 is 29.9. The number of hydrogen-bond donors (Lipinski definition) is 3. The van der Waals surface area contributed by atoms with Gasteiger partial charge in [-0.3, -0.25) is 5.32 Å². The molecule has 5 rings (SSSR count). The number of urea groups is 1. The monoisotopic (exact) mass is 619 g/mol. The van der Waals surface area contributed by atoms with E-state index in [0.29, 0.717) is 29.9 Å². The van der Waals surface area contributed by atoms with Gasteiger partial charge in [-0.05, 0) is 80.7 Å². The smallest absolute Gasteiger partial charge is 0.317 e. The van der Waals surface area contributed by atoms with E-state index in [1.165, 1.54) is 0 Å². The maximum atomic E-state index is 14.1. The molecule has 0 aliphatic carbocycles. The first-order valence-corrected chi connectivity index (χ1v) is 16.4. The highest BCUT2D eigenvalue weighted by Gasteiger charge is 2.38. The maximum Gasteiger partial charge on any atom is 0.324 e. The summed E-state index contributed by atoms with van der Waals surface area (Å²) in [6.07, 6.45) is 1.43. The highest BCUT2D eigenvalue weighted by molar-refractivity contribution is 7.91. The van der Waals surface area contributed by atoms with Crippen LogP contribution in [-0.2, 0) is 15.3 Å². The normalized spacial score (nSPS) is 15.2. The predicted octanol–water partition coefficient (Wildman–Crippen LogP) is 7.29. The molecule has 0 saturated carbocycles. The van der Waals surface area contributed by atoms with Gasteiger partial charge in [-0.1, -0.05) is 74.3 Å². The Hall–Kier alpha value is -3.66. The molecule has 0 bridgehead atoms. The minimum Gasteiger partial charge on any atom is -0.317 e. The number of aromatic nitrogens is 2. The van der Waals surface area contributed by atoms with Crippen molar-refractivity contribution in [2.24, 2.45) is 5.92 Å². The van der Waals surface area contributed by atoms with E-state index in [1.807, 2.05) is 43.3 Å². The summed E-state index contributed by atoms with van der Waals surface area (Å²) in [5.74, 6) is 0.419. The van der Waals surface area contributed by atoms with Crippen LogP contribution < -0.4 is 16.0 Å². The van der Waals surface area contributed by atoms with E-state index in [2.05, 4.69) is 36.7 Å². The number of anilines is 2. The first-order valence-electron chi connectivity index (χ1n) is 14.5. The van der Waals surface area contributed by atoms with Gasteiger partial charge < -0.3 is 10.6 Å². The molecule has 1 fully saturated rings. The van der Waals surface area contributed by atoms with Crippen LogP contribution in [0.4, 0.5) is 16.3 Å². The third-order valence-electron chi connectivity index (χ3n) is 7.76. The van der Waals surface area contributed by atoms with Crippen molar-refractivity contribution in [3.05, 3.63) is 101 Å². The Kier molecular flexibility index (Phi) is 8.96. The average molecular weight is 620 g/mol. The zero-order valence-electron chi connectivity index (χ0n) is 24.9. The summed E-state index contributed by atoms with van der Waals surface area (Å²) in [6, 6.07) is 23.0. The van der Waals surface area contributed by atoms with Crippen LogP contribution in [0.1, 0.15) is 55.7 Å². The molecule has 3 aromatic carbocycles. The molecule has 8 nitrogen and oxygen atoms in total. The second-order valence-corrected chi connectivity index (χ2v) is 14.5. The minimum absolute atomic E-state index is 0.105. The molecule has 2 heterocycles. The molecule has 1 aliphatic rings. The van der Waals surface area contributed by atoms with E-state index in [9.17, 15) is 13.2 Å². The quantitative estimate of drug-likeness (QED) is 0.201. The third kappa shape index (κ3) is 6.95. The molecule has 1 saturated heterocycles. The number of aryl methyl sites for hydroxylation is 1. The molecule has 0 spiro atoms. The lowest BCUT2D eigenvalue weighted by molar-refractivity contribution is 0.262. The SMILES string of the molecule is Cc1ccc(-n2nc(C(C)(C)C)cc2NC(=O)Nc2cccc(C(C3CCNCC3)S(=O)(=O)c3ccccc3Cl)c2)cc1. The van der Waals surface area contributed by atoms with E-state index >= 15 is 0 Å². The fraction of sp³-hybridized carbons (Fsp3) is 0.333. The van der Waals surface area contributed by atoms with Crippen molar-refractivity contribution < 1.29 is 13.2 Å². The molecule has 43 heavy (non-hydrogen) atoms. The maximum absolute atomic E-state index is 14.1. The summed E-state index contributed by atoms with van der Waals surface area (Å²) >= 11 is 6.39. The second-order valence-electron chi connectivity index (χ2n) is 12.1. The molecular formula is C33H38ClN5O3S. The van der Waals surface area contributed by atoms with Crippen LogP contribution in [-0.4, -0.2) is 37.3 Å². The molecule has 226 valence electrons. The number of nitrogens with zero attached hydrogens (tertiary/aromatic N) is 2. The molecule has 10 heteroatoms.